The second kappa shape index (κ2) is 7.71. The Morgan fingerprint density at radius 2 is 2.17 bits per heavy atom. The standard InChI is InChI=1S/C14H22N2O2/c1-3-11(9-15)8-14(17)16-10-12-6-4-5-7-13(12)18-2/h4-7,11H,3,8-10,15H2,1-2H3,(H,16,17). The largest absolute Gasteiger partial charge is 0.496 e. The molecule has 0 saturated carbocycles. The fourth-order valence-electron chi connectivity index (χ4n) is 1.77. The van der Waals surface area contributed by atoms with Gasteiger partial charge < -0.3 is 15.8 Å². The van der Waals surface area contributed by atoms with Gasteiger partial charge in [0.05, 0.1) is 7.11 Å². The SMILES string of the molecule is CCC(CN)CC(=O)NCc1ccccc1OC. The quantitative estimate of drug-likeness (QED) is 0.774. The van der Waals surface area contributed by atoms with Gasteiger partial charge in [-0.1, -0.05) is 31.5 Å². The first kappa shape index (κ1) is 14.5. The predicted molar refractivity (Wildman–Crippen MR) is 72.3 cm³/mol. The van der Waals surface area contributed by atoms with E-state index in [4.69, 9.17) is 10.5 Å². The van der Waals surface area contributed by atoms with E-state index >= 15 is 0 Å². The van der Waals surface area contributed by atoms with Gasteiger partial charge >= 0.3 is 0 Å². The van der Waals surface area contributed by atoms with Crippen LogP contribution in [0.5, 0.6) is 5.75 Å². The van der Waals surface area contributed by atoms with Crippen LogP contribution in [0.15, 0.2) is 24.3 Å². The molecule has 0 radical (unpaired) electrons. The molecule has 1 amide bonds. The lowest BCUT2D eigenvalue weighted by Crippen LogP contribution is -2.27. The van der Waals surface area contributed by atoms with E-state index in [0.29, 0.717) is 19.5 Å². The van der Waals surface area contributed by atoms with Crippen LogP contribution >= 0.6 is 0 Å². The highest BCUT2D eigenvalue weighted by Gasteiger charge is 2.10. The molecule has 4 heteroatoms. The van der Waals surface area contributed by atoms with Gasteiger partial charge in [-0.2, -0.15) is 0 Å². The van der Waals surface area contributed by atoms with E-state index in [1.54, 1.807) is 7.11 Å². The number of nitrogens with two attached hydrogens (primary N) is 1. The van der Waals surface area contributed by atoms with Gasteiger partial charge in [0.2, 0.25) is 5.91 Å². The molecule has 1 aromatic carbocycles. The number of hydrogen-bond donors (Lipinski definition) is 2. The number of carbonyl (C=O) groups is 1. The van der Waals surface area contributed by atoms with Crippen molar-refractivity contribution in [2.24, 2.45) is 11.7 Å². The summed E-state index contributed by atoms with van der Waals surface area (Å²) >= 11 is 0. The molecule has 18 heavy (non-hydrogen) atoms. The Labute approximate surface area is 109 Å². The normalized spacial score (nSPS) is 11.9. The van der Waals surface area contributed by atoms with E-state index < -0.39 is 0 Å². The summed E-state index contributed by atoms with van der Waals surface area (Å²) in [4.78, 5) is 11.7. The van der Waals surface area contributed by atoms with Crippen molar-refractivity contribution >= 4 is 5.91 Å². The Balaban J connectivity index is 2.47. The van der Waals surface area contributed by atoms with Gasteiger partial charge in [-0.15, -0.1) is 0 Å². The van der Waals surface area contributed by atoms with E-state index in [-0.39, 0.29) is 11.8 Å². The van der Waals surface area contributed by atoms with Crippen molar-refractivity contribution in [3.05, 3.63) is 29.8 Å². The first-order valence-electron chi connectivity index (χ1n) is 6.29. The second-order valence-corrected chi connectivity index (χ2v) is 4.30. The highest BCUT2D eigenvalue weighted by molar-refractivity contribution is 5.76. The Morgan fingerprint density at radius 3 is 2.78 bits per heavy atom. The zero-order valence-electron chi connectivity index (χ0n) is 11.1. The van der Waals surface area contributed by atoms with E-state index in [1.165, 1.54) is 0 Å². The van der Waals surface area contributed by atoms with Crippen molar-refractivity contribution in [2.45, 2.75) is 26.3 Å². The fraction of sp³-hybridized carbons (Fsp3) is 0.500. The van der Waals surface area contributed by atoms with Crippen molar-refractivity contribution in [3.8, 4) is 5.75 Å². The third-order valence-corrected chi connectivity index (χ3v) is 3.05. The second-order valence-electron chi connectivity index (χ2n) is 4.30. The number of hydrogen-bond acceptors (Lipinski definition) is 3. The molecule has 0 heterocycles. The lowest BCUT2D eigenvalue weighted by atomic mass is 10.0. The van der Waals surface area contributed by atoms with Crippen molar-refractivity contribution < 1.29 is 9.53 Å². The molecule has 1 atom stereocenters. The summed E-state index contributed by atoms with van der Waals surface area (Å²) in [5, 5.41) is 2.90. The number of rotatable bonds is 7. The van der Waals surface area contributed by atoms with Crippen molar-refractivity contribution in [1.29, 1.82) is 0 Å². The van der Waals surface area contributed by atoms with Gasteiger partial charge in [0.1, 0.15) is 5.75 Å². The third-order valence-electron chi connectivity index (χ3n) is 3.05. The summed E-state index contributed by atoms with van der Waals surface area (Å²) in [5.74, 6) is 1.10. The van der Waals surface area contributed by atoms with E-state index in [0.717, 1.165) is 17.7 Å². The highest BCUT2D eigenvalue weighted by Crippen LogP contribution is 2.16. The predicted octanol–water partition coefficient (Wildman–Crippen LogP) is 1.69. The zero-order valence-corrected chi connectivity index (χ0v) is 11.1. The average Bonchev–Trinajstić information content (AvgIpc) is 2.42. The molecule has 3 N–H and O–H groups in total. The van der Waals surface area contributed by atoms with Crippen molar-refractivity contribution in [3.63, 3.8) is 0 Å². The van der Waals surface area contributed by atoms with Crippen LogP contribution in [0.3, 0.4) is 0 Å². The summed E-state index contributed by atoms with van der Waals surface area (Å²) < 4.78 is 5.23. The maximum absolute atomic E-state index is 11.7. The lowest BCUT2D eigenvalue weighted by Gasteiger charge is -2.13. The summed E-state index contributed by atoms with van der Waals surface area (Å²) in [5.41, 5.74) is 6.57. The van der Waals surface area contributed by atoms with Crippen LogP contribution in [-0.4, -0.2) is 19.6 Å². The molecule has 0 aromatic heterocycles. The first-order valence-corrected chi connectivity index (χ1v) is 6.29. The Hall–Kier alpha value is -1.55. The van der Waals surface area contributed by atoms with Crippen molar-refractivity contribution in [1.82, 2.24) is 5.32 Å². The van der Waals surface area contributed by atoms with Gasteiger partial charge in [0.15, 0.2) is 0 Å². The van der Waals surface area contributed by atoms with Gasteiger partial charge in [-0.05, 0) is 18.5 Å². The van der Waals surface area contributed by atoms with Crippen LogP contribution in [0.1, 0.15) is 25.3 Å². The van der Waals surface area contributed by atoms with E-state index in [9.17, 15) is 4.79 Å². The van der Waals surface area contributed by atoms with Crippen LogP contribution in [0, 0.1) is 5.92 Å². The van der Waals surface area contributed by atoms with Crippen LogP contribution < -0.4 is 15.8 Å². The fourth-order valence-corrected chi connectivity index (χ4v) is 1.77. The molecule has 0 aliphatic heterocycles. The summed E-state index contributed by atoms with van der Waals surface area (Å²) in [6.07, 6.45) is 1.42. The summed E-state index contributed by atoms with van der Waals surface area (Å²) in [6.45, 7) is 3.09. The molecule has 1 rings (SSSR count). The summed E-state index contributed by atoms with van der Waals surface area (Å²) in [7, 11) is 1.63. The average molecular weight is 250 g/mol. The van der Waals surface area contributed by atoms with Crippen LogP contribution in [-0.2, 0) is 11.3 Å². The van der Waals surface area contributed by atoms with Gasteiger partial charge in [0.25, 0.3) is 0 Å². The van der Waals surface area contributed by atoms with Crippen LogP contribution in [0.25, 0.3) is 0 Å². The molecule has 0 fully saturated rings. The number of para-hydroxylation sites is 1. The molecule has 100 valence electrons. The Kier molecular flexibility index (Phi) is 6.22. The van der Waals surface area contributed by atoms with Gasteiger partial charge in [-0.3, -0.25) is 4.79 Å². The molecule has 0 aliphatic rings. The summed E-state index contributed by atoms with van der Waals surface area (Å²) in [6, 6.07) is 7.67. The molecule has 0 bridgehead atoms. The van der Waals surface area contributed by atoms with E-state index in [2.05, 4.69) is 5.32 Å². The van der Waals surface area contributed by atoms with Gasteiger partial charge in [-0.25, -0.2) is 0 Å². The number of ether oxygens (including phenoxy) is 1. The molecular weight excluding hydrogens is 228 g/mol. The minimum absolute atomic E-state index is 0.0400. The third kappa shape index (κ3) is 4.37. The molecule has 0 spiro atoms. The zero-order chi connectivity index (χ0) is 13.4. The molecular formula is C14H22N2O2. The maximum Gasteiger partial charge on any atom is 0.220 e. The van der Waals surface area contributed by atoms with Gasteiger partial charge in [0, 0.05) is 18.5 Å². The smallest absolute Gasteiger partial charge is 0.220 e. The van der Waals surface area contributed by atoms with Crippen molar-refractivity contribution in [2.75, 3.05) is 13.7 Å². The van der Waals surface area contributed by atoms with E-state index in [1.807, 2.05) is 31.2 Å². The Bertz CT molecular complexity index is 376. The number of benzene rings is 1. The maximum atomic E-state index is 11.7. The molecule has 1 aromatic rings. The minimum atomic E-state index is 0.0400. The topological polar surface area (TPSA) is 64.4 Å². The number of nitrogens with one attached hydrogen (secondary N) is 1. The first-order chi connectivity index (χ1) is 8.71. The Morgan fingerprint density at radius 1 is 1.44 bits per heavy atom. The molecule has 0 aliphatic carbocycles. The monoisotopic (exact) mass is 250 g/mol. The lowest BCUT2D eigenvalue weighted by molar-refractivity contribution is -0.122. The molecule has 1 unspecified atom stereocenters. The molecule has 4 nitrogen and oxygen atoms in total. The number of methoxy groups -OCH3 is 1. The minimum Gasteiger partial charge on any atom is -0.496 e. The van der Waals surface area contributed by atoms with Crippen LogP contribution in [0.2, 0.25) is 0 Å². The number of amides is 1. The highest BCUT2D eigenvalue weighted by atomic mass is 16.5. The molecule has 0 saturated heterocycles. The van der Waals surface area contributed by atoms with Crippen LogP contribution in [0.4, 0.5) is 0 Å². The number of carbonyl (C=O) groups excluding carboxylic acids is 1.